The second-order valence-electron chi connectivity index (χ2n) is 4.31. The van der Waals surface area contributed by atoms with E-state index in [0.29, 0.717) is 0 Å². The number of carboxylic acids is 3. The maximum absolute atomic E-state index is 10.3. The zero-order valence-electron chi connectivity index (χ0n) is 11.0. The van der Waals surface area contributed by atoms with E-state index in [4.69, 9.17) is 41.5 Å². The Labute approximate surface area is 118 Å². The maximum atomic E-state index is 10.3. The van der Waals surface area contributed by atoms with Gasteiger partial charge in [0, 0.05) is 0 Å². The molecule has 0 unspecified atom stereocenters. The third-order valence-corrected chi connectivity index (χ3v) is 2.23. The summed E-state index contributed by atoms with van der Waals surface area (Å²) in [5.74, 6) is -5.02. The van der Waals surface area contributed by atoms with Crippen molar-refractivity contribution in [3.05, 3.63) is 0 Å². The summed E-state index contributed by atoms with van der Waals surface area (Å²) in [6.45, 7) is -1.21. The molecule has 0 rings (SSSR count). The molecule has 0 saturated heterocycles. The van der Waals surface area contributed by atoms with E-state index in [1.54, 1.807) is 0 Å². The van der Waals surface area contributed by atoms with Crippen LogP contribution in [0.5, 0.6) is 0 Å². The highest BCUT2D eigenvalue weighted by Crippen LogP contribution is 2.15. The molecule has 0 saturated carbocycles. The Morgan fingerprint density at radius 1 is 0.810 bits per heavy atom. The van der Waals surface area contributed by atoms with E-state index in [1.165, 1.54) is 0 Å². The lowest BCUT2D eigenvalue weighted by molar-refractivity contribution is -0.170. The number of hydrogen-bond donors (Lipinski definition) is 8. The molecule has 0 aromatic rings. The van der Waals surface area contributed by atoms with Gasteiger partial charge in [-0.1, -0.05) is 0 Å². The zero-order chi connectivity index (χ0) is 17.3. The van der Waals surface area contributed by atoms with Crippen LogP contribution in [0.25, 0.3) is 0 Å². The quantitative estimate of drug-likeness (QED) is 0.219. The van der Waals surface area contributed by atoms with Crippen molar-refractivity contribution in [3.63, 3.8) is 0 Å². The first-order valence-corrected chi connectivity index (χ1v) is 5.47. The minimum Gasteiger partial charge on any atom is -0.481 e. The van der Waals surface area contributed by atoms with Gasteiger partial charge in [0.1, 0.15) is 0 Å². The molecule has 0 aliphatic heterocycles. The van der Waals surface area contributed by atoms with Crippen molar-refractivity contribution in [1.29, 1.82) is 0 Å². The standard InChI is InChI=1S/C6H8O7.C4H11NO3/c7-3(8)1-6(13,5(11)12)2-4(9)10;5-4(1-6,2-7)3-8/h13H,1-2H2,(H,7,8)(H,9,10)(H,11,12);6-8H,1-3,5H2. The molecule has 0 fully saturated rings. The lowest BCUT2D eigenvalue weighted by atomic mass is 9.96. The van der Waals surface area contributed by atoms with Gasteiger partial charge in [-0.25, -0.2) is 4.79 Å². The molecule has 0 heterocycles. The molecule has 0 radical (unpaired) electrons. The predicted molar refractivity (Wildman–Crippen MR) is 65.3 cm³/mol. The van der Waals surface area contributed by atoms with Crippen LogP contribution in [-0.2, 0) is 14.4 Å². The maximum Gasteiger partial charge on any atom is 0.336 e. The molecule has 9 N–H and O–H groups in total. The number of aliphatic carboxylic acids is 3. The van der Waals surface area contributed by atoms with Crippen LogP contribution in [0.2, 0.25) is 0 Å². The van der Waals surface area contributed by atoms with Crippen LogP contribution in [0, 0.1) is 0 Å². The summed E-state index contributed by atoms with van der Waals surface area (Å²) < 4.78 is 0. The Bertz CT molecular complexity index is 341. The van der Waals surface area contributed by atoms with E-state index in [-0.39, 0.29) is 0 Å². The normalized spacial score (nSPS) is 11.3. The highest BCUT2D eigenvalue weighted by atomic mass is 16.4. The molecule has 0 aliphatic carbocycles. The van der Waals surface area contributed by atoms with Crippen molar-refractivity contribution in [3.8, 4) is 0 Å². The summed E-state index contributed by atoms with van der Waals surface area (Å²) in [7, 11) is 0. The Kier molecular flexibility index (Phi) is 9.42. The van der Waals surface area contributed by atoms with Crippen molar-refractivity contribution in [2.45, 2.75) is 24.0 Å². The summed E-state index contributed by atoms with van der Waals surface area (Å²) >= 11 is 0. The van der Waals surface area contributed by atoms with Gasteiger partial charge in [0.2, 0.25) is 0 Å². The number of nitrogens with two attached hydrogens (primary N) is 1. The lowest BCUT2D eigenvalue weighted by Crippen LogP contribution is -2.50. The summed E-state index contributed by atoms with van der Waals surface area (Å²) in [6.07, 6.45) is -2.29. The molecule has 124 valence electrons. The first-order chi connectivity index (χ1) is 9.46. The first kappa shape index (κ1) is 21.5. The number of aliphatic hydroxyl groups excluding tert-OH is 3. The Morgan fingerprint density at radius 2 is 1.10 bits per heavy atom. The topological polar surface area (TPSA) is 219 Å². The predicted octanol–water partition coefficient (Wildman–Crippen LogP) is -3.59. The summed E-state index contributed by atoms with van der Waals surface area (Å²) in [5.41, 5.74) is 1.20. The van der Waals surface area contributed by atoms with E-state index in [0.717, 1.165) is 0 Å². The van der Waals surface area contributed by atoms with Crippen molar-refractivity contribution in [2.24, 2.45) is 5.73 Å². The number of aliphatic hydroxyl groups is 4. The Hall–Kier alpha value is -1.79. The van der Waals surface area contributed by atoms with Crippen molar-refractivity contribution >= 4 is 17.9 Å². The molecule has 0 atom stereocenters. The molecule has 0 aromatic carbocycles. The van der Waals surface area contributed by atoms with E-state index in [9.17, 15) is 14.4 Å². The first-order valence-electron chi connectivity index (χ1n) is 5.47. The fourth-order valence-electron chi connectivity index (χ4n) is 0.864. The van der Waals surface area contributed by atoms with Crippen LogP contribution in [0.1, 0.15) is 12.8 Å². The van der Waals surface area contributed by atoms with Gasteiger partial charge in [0.15, 0.2) is 5.60 Å². The van der Waals surface area contributed by atoms with E-state index in [2.05, 4.69) is 0 Å². The average molecular weight is 313 g/mol. The molecule has 0 aromatic heterocycles. The van der Waals surface area contributed by atoms with Crippen LogP contribution < -0.4 is 5.73 Å². The number of rotatable bonds is 8. The highest BCUT2D eigenvalue weighted by molar-refractivity contribution is 5.88. The van der Waals surface area contributed by atoms with Crippen LogP contribution in [0.3, 0.4) is 0 Å². The summed E-state index contributed by atoms with van der Waals surface area (Å²) in [4.78, 5) is 30.5. The second kappa shape index (κ2) is 9.20. The van der Waals surface area contributed by atoms with Crippen molar-refractivity contribution in [2.75, 3.05) is 19.8 Å². The van der Waals surface area contributed by atoms with Crippen molar-refractivity contribution in [1.82, 2.24) is 0 Å². The van der Waals surface area contributed by atoms with Gasteiger partial charge < -0.3 is 41.5 Å². The molecule has 11 nitrogen and oxygen atoms in total. The fraction of sp³-hybridized carbons (Fsp3) is 0.700. The van der Waals surface area contributed by atoms with Crippen LogP contribution in [0.15, 0.2) is 0 Å². The van der Waals surface area contributed by atoms with Crippen molar-refractivity contribution < 1.29 is 50.1 Å². The largest absolute Gasteiger partial charge is 0.481 e. The molecular formula is C10H19NO10. The molecule has 0 bridgehead atoms. The van der Waals surface area contributed by atoms with E-state index in [1.807, 2.05) is 0 Å². The number of carbonyl (C=O) groups is 3. The molecular weight excluding hydrogens is 294 g/mol. The minimum absolute atomic E-state index is 0.403. The highest BCUT2D eigenvalue weighted by Gasteiger charge is 2.40. The number of carboxylic acid groups (broad SMARTS) is 3. The van der Waals surface area contributed by atoms with Gasteiger partial charge in [0.05, 0.1) is 38.2 Å². The third-order valence-electron chi connectivity index (χ3n) is 2.23. The zero-order valence-corrected chi connectivity index (χ0v) is 11.0. The molecule has 21 heavy (non-hydrogen) atoms. The van der Waals surface area contributed by atoms with Gasteiger partial charge in [-0.3, -0.25) is 9.59 Å². The lowest BCUT2D eigenvalue weighted by Gasteiger charge is -2.20. The Balaban J connectivity index is 0. The molecule has 11 heteroatoms. The van der Waals surface area contributed by atoms with Gasteiger partial charge >= 0.3 is 17.9 Å². The summed E-state index contributed by atoms with van der Waals surface area (Å²) in [5, 5.41) is 58.8. The van der Waals surface area contributed by atoms with E-state index < -0.39 is 61.7 Å². The fourth-order valence-corrected chi connectivity index (χ4v) is 0.864. The van der Waals surface area contributed by atoms with Crippen LogP contribution >= 0.6 is 0 Å². The minimum atomic E-state index is -2.74. The SMILES string of the molecule is NC(CO)(CO)CO.O=C(O)CC(O)(CC(=O)O)C(=O)O. The smallest absolute Gasteiger partial charge is 0.336 e. The van der Waals surface area contributed by atoms with Crippen LogP contribution in [0.4, 0.5) is 0 Å². The van der Waals surface area contributed by atoms with Gasteiger partial charge in [-0.2, -0.15) is 0 Å². The second-order valence-corrected chi connectivity index (χ2v) is 4.31. The van der Waals surface area contributed by atoms with Gasteiger partial charge in [0.25, 0.3) is 0 Å². The van der Waals surface area contributed by atoms with Gasteiger partial charge in [-0.15, -0.1) is 0 Å². The van der Waals surface area contributed by atoms with Gasteiger partial charge in [-0.05, 0) is 0 Å². The molecule has 0 aliphatic rings. The Morgan fingerprint density at radius 3 is 1.19 bits per heavy atom. The number of hydrogen-bond acceptors (Lipinski definition) is 8. The molecule has 0 spiro atoms. The third kappa shape index (κ3) is 8.88. The molecule has 0 amide bonds. The van der Waals surface area contributed by atoms with E-state index >= 15 is 0 Å². The summed E-state index contributed by atoms with van der Waals surface area (Å²) in [6, 6.07) is 0. The monoisotopic (exact) mass is 313 g/mol. The van der Waals surface area contributed by atoms with Crippen LogP contribution in [-0.4, -0.2) is 84.6 Å². The average Bonchev–Trinajstić information content (AvgIpc) is 2.36.